The maximum absolute atomic E-state index is 12.8. The fourth-order valence-electron chi connectivity index (χ4n) is 4.36. The van der Waals surface area contributed by atoms with Gasteiger partial charge in [0, 0.05) is 31.2 Å². The molecule has 2 aliphatic rings. The van der Waals surface area contributed by atoms with Gasteiger partial charge in [-0.1, -0.05) is 36.4 Å². The molecule has 2 aliphatic heterocycles. The zero-order valence-corrected chi connectivity index (χ0v) is 14.9. The molecule has 0 bridgehead atoms. The normalized spacial score (nSPS) is 21.7. The van der Waals surface area contributed by atoms with Crippen molar-refractivity contribution in [3.05, 3.63) is 65.5 Å². The van der Waals surface area contributed by atoms with Crippen LogP contribution >= 0.6 is 0 Å². The van der Waals surface area contributed by atoms with Crippen molar-refractivity contribution in [1.29, 1.82) is 0 Å². The largest absolute Gasteiger partial charge is 0.355 e. The molecular formula is C21H23N3O2. The predicted octanol–water partition coefficient (Wildman–Crippen LogP) is 2.53. The number of nitrogens with one attached hydrogen (secondary N) is 1. The van der Waals surface area contributed by atoms with Crippen molar-refractivity contribution in [2.24, 2.45) is 5.41 Å². The molecule has 1 atom stereocenters. The third-order valence-electron chi connectivity index (χ3n) is 5.84. The molecule has 0 radical (unpaired) electrons. The first-order valence-electron chi connectivity index (χ1n) is 9.16. The molecule has 1 spiro atoms. The van der Waals surface area contributed by atoms with Crippen LogP contribution in [-0.4, -0.2) is 41.3 Å². The van der Waals surface area contributed by atoms with Crippen molar-refractivity contribution < 1.29 is 9.59 Å². The quantitative estimate of drug-likeness (QED) is 0.906. The molecule has 1 unspecified atom stereocenters. The minimum absolute atomic E-state index is 0.0433. The number of benzene rings is 1. The summed E-state index contributed by atoms with van der Waals surface area (Å²) in [6, 6.07) is 15.7. The van der Waals surface area contributed by atoms with Crippen LogP contribution in [0.3, 0.4) is 0 Å². The van der Waals surface area contributed by atoms with E-state index in [4.69, 9.17) is 0 Å². The van der Waals surface area contributed by atoms with Crippen molar-refractivity contribution in [3.8, 4) is 0 Å². The van der Waals surface area contributed by atoms with Crippen molar-refractivity contribution in [3.63, 3.8) is 0 Å². The minimum atomic E-state index is -0.405. The third-order valence-corrected chi connectivity index (χ3v) is 5.84. The van der Waals surface area contributed by atoms with Gasteiger partial charge in [-0.25, -0.2) is 4.98 Å². The van der Waals surface area contributed by atoms with Crippen LogP contribution in [0.25, 0.3) is 0 Å². The molecule has 134 valence electrons. The van der Waals surface area contributed by atoms with Crippen LogP contribution in [0.4, 0.5) is 0 Å². The zero-order chi connectivity index (χ0) is 18.1. The van der Waals surface area contributed by atoms with Crippen LogP contribution < -0.4 is 5.32 Å². The van der Waals surface area contributed by atoms with E-state index < -0.39 is 5.41 Å². The summed E-state index contributed by atoms with van der Waals surface area (Å²) in [7, 11) is 0. The molecule has 5 nitrogen and oxygen atoms in total. The van der Waals surface area contributed by atoms with Crippen LogP contribution in [0.15, 0.2) is 48.5 Å². The van der Waals surface area contributed by atoms with E-state index in [1.54, 1.807) is 6.07 Å². The number of nitrogens with zero attached hydrogens (tertiary/aromatic N) is 2. The Bertz CT molecular complexity index is 826. The first-order chi connectivity index (χ1) is 12.6. The second-order valence-corrected chi connectivity index (χ2v) is 7.29. The number of hydrogen-bond acceptors (Lipinski definition) is 3. The van der Waals surface area contributed by atoms with E-state index in [2.05, 4.69) is 22.4 Å². The molecule has 1 N–H and O–H groups in total. The number of pyridine rings is 1. The van der Waals surface area contributed by atoms with E-state index in [0.717, 1.165) is 5.69 Å². The number of amides is 2. The van der Waals surface area contributed by atoms with Crippen molar-refractivity contribution in [1.82, 2.24) is 15.2 Å². The van der Waals surface area contributed by atoms with Gasteiger partial charge in [0.2, 0.25) is 5.91 Å². The number of piperidine rings is 1. The zero-order valence-electron chi connectivity index (χ0n) is 14.9. The van der Waals surface area contributed by atoms with Crippen LogP contribution in [0, 0.1) is 12.3 Å². The lowest BCUT2D eigenvalue weighted by Gasteiger charge is -2.41. The average Bonchev–Trinajstić information content (AvgIpc) is 2.98. The van der Waals surface area contributed by atoms with Gasteiger partial charge in [0.25, 0.3) is 5.91 Å². The van der Waals surface area contributed by atoms with Gasteiger partial charge in [0.05, 0.1) is 5.41 Å². The molecule has 2 aromatic rings. The van der Waals surface area contributed by atoms with Crippen LogP contribution in [-0.2, 0) is 4.79 Å². The van der Waals surface area contributed by atoms with Gasteiger partial charge in [-0.3, -0.25) is 9.59 Å². The van der Waals surface area contributed by atoms with E-state index in [0.29, 0.717) is 38.2 Å². The average molecular weight is 349 g/mol. The molecule has 3 heterocycles. The number of aromatic nitrogens is 1. The minimum Gasteiger partial charge on any atom is -0.355 e. The molecule has 2 fully saturated rings. The Morgan fingerprint density at radius 3 is 2.54 bits per heavy atom. The molecule has 0 aliphatic carbocycles. The Morgan fingerprint density at radius 2 is 1.85 bits per heavy atom. The highest BCUT2D eigenvalue weighted by atomic mass is 16.2. The van der Waals surface area contributed by atoms with Gasteiger partial charge in [-0.15, -0.1) is 0 Å². The van der Waals surface area contributed by atoms with Crippen LogP contribution in [0.5, 0.6) is 0 Å². The number of likely N-dealkylation sites (tertiary alicyclic amines) is 1. The lowest BCUT2D eigenvalue weighted by atomic mass is 9.68. The van der Waals surface area contributed by atoms with Gasteiger partial charge in [0.15, 0.2) is 0 Å². The SMILES string of the molecule is Cc1cccc(C(=O)N2CCC3(CC2)C(=O)NCC3c2ccccc2)n1. The first-order valence-corrected chi connectivity index (χ1v) is 9.16. The number of aryl methyl sites for hydroxylation is 1. The van der Waals surface area contributed by atoms with Gasteiger partial charge >= 0.3 is 0 Å². The summed E-state index contributed by atoms with van der Waals surface area (Å²) in [5, 5.41) is 3.06. The molecule has 2 amide bonds. The Balaban J connectivity index is 1.53. The van der Waals surface area contributed by atoms with Gasteiger partial charge in [-0.05, 0) is 37.5 Å². The van der Waals surface area contributed by atoms with E-state index in [9.17, 15) is 9.59 Å². The highest BCUT2D eigenvalue weighted by molar-refractivity contribution is 5.93. The van der Waals surface area contributed by atoms with E-state index >= 15 is 0 Å². The number of rotatable bonds is 2. The topological polar surface area (TPSA) is 62.3 Å². The lowest BCUT2D eigenvalue weighted by Crippen LogP contribution is -2.48. The summed E-state index contributed by atoms with van der Waals surface area (Å²) >= 11 is 0. The van der Waals surface area contributed by atoms with Crippen molar-refractivity contribution in [2.45, 2.75) is 25.7 Å². The summed E-state index contributed by atoms with van der Waals surface area (Å²) in [5.41, 5.74) is 2.11. The number of carbonyl (C=O) groups excluding carboxylic acids is 2. The Kier molecular flexibility index (Phi) is 4.23. The molecule has 4 rings (SSSR count). The van der Waals surface area contributed by atoms with E-state index in [1.165, 1.54) is 5.56 Å². The molecule has 1 aromatic carbocycles. The van der Waals surface area contributed by atoms with Crippen molar-refractivity contribution >= 4 is 11.8 Å². The van der Waals surface area contributed by atoms with Gasteiger partial charge < -0.3 is 10.2 Å². The standard InChI is InChI=1S/C21H23N3O2/c1-15-6-5-9-18(23-15)19(25)24-12-10-21(11-13-24)17(14-22-20(21)26)16-7-3-2-4-8-16/h2-9,17H,10-14H2,1H3,(H,22,26). The summed E-state index contributed by atoms with van der Waals surface area (Å²) in [4.78, 5) is 31.6. The van der Waals surface area contributed by atoms with Gasteiger partial charge in [0.1, 0.15) is 5.69 Å². The predicted molar refractivity (Wildman–Crippen MR) is 98.7 cm³/mol. The lowest BCUT2D eigenvalue weighted by molar-refractivity contribution is -0.130. The maximum atomic E-state index is 12.8. The van der Waals surface area contributed by atoms with Gasteiger partial charge in [-0.2, -0.15) is 0 Å². The number of hydrogen-bond donors (Lipinski definition) is 1. The smallest absolute Gasteiger partial charge is 0.272 e. The Labute approximate surface area is 153 Å². The Hall–Kier alpha value is -2.69. The molecule has 5 heteroatoms. The highest BCUT2D eigenvalue weighted by Gasteiger charge is 2.52. The maximum Gasteiger partial charge on any atom is 0.272 e. The molecule has 1 aromatic heterocycles. The molecule has 26 heavy (non-hydrogen) atoms. The van der Waals surface area contributed by atoms with Crippen LogP contribution in [0.2, 0.25) is 0 Å². The van der Waals surface area contributed by atoms with Crippen molar-refractivity contribution in [2.75, 3.05) is 19.6 Å². The fourth-order valence-corrected chi connectivity index (χ4v) is 4.36. The van der Waals surface area contributed by atoms with E-state index in [-0.39, 0.29) is 17.7 Å². The molecule has 2 saturated heterocycles. The Morgan fingerprint density at radius 1 is 1.12 bits per heavy atom. The third kappa shape index (κ3) is 2.77. The number of carbonyl (C=O) groups is 2. The molecule has 0 saturated carbocycles. The summed E-state index contributed by atoms with van der Waals surface area (Å²) in [5.74, 6) is 0.260. The second kappa shape index (κ2) is 6.56. The molecular weight excluding hydrogens is 326 g/mol. The van der Waals surface area contributed by atoms with E-state index in [1.807, 2.05) is 42.2 Å². The fraction of sp³-hybridized carbons (Fsp3) is 0.381. The highest BCUT2D eigenvalue weighted by Crippen LogP contribution is 2.47. The second-order valence-electron chi connectivity index (χ2n) is 7.29. The van der Waals surface area contributed by atoms with Crippen LogP contribution in [0.1, 0.15) is 40.5 Å². The summed E-state index contributed by atoms with van der Waals surface area (Å²) in [6.45, 7) is 3.74. The summed E-state index contributed by atoms with van der Waals surface area (Å²) < 4.78 is 0. The monoisotopic (exact) mass is 349 g/mol. The summed E-state index contributed by atoms with van der Waals surface area (Å²) in [6.07, 6.45) is 1.38. The first kappa shape index (κ1) is 16.8.